The number of hydrogen-bond donors (Lipinski definition) is 2. The van der Waals surface area contributed by atoms with Crippen molar-refractivity contribution in [3.05, 3.63) is 41.1 Å². The number of nitrogens with one attached hydrogen (secondary N) is 2. The maximum absolute atomic E-state index is 13.5. The fourth-order valence-electron chi connectivity index (χ4n) is 7.50. The maximum Gasteiger partial charge on any atom is 0.338 e. The molecule has 1 aromatic carbocycles. The molecule has 0 spiro atoms. The lowest BCUT2D eigenvalue weighted by Gasteiger charge is -2.55. The quantitative estimate of drug-likeness (QED) is 0.369. The second-order valence-corrected chi connectivity index (χ2v) is 11.4. The second-order valence-electron chi connectivity index (χ2n) is 11.4. The highest BCUT2D eigenvalue weighted by Gasteiger charge is 2.54. The minimum atomic E-state index is -0.636. The topological polar surface area (TPSA) is 97.0 Å². The first-order valence-corrected chi connectivity index (χ1v) is 13.7. The predicted octanol–water partition coefficient (Wildman–Crippen LogP) is 4.78. The first kappa shape index (κ1) is 25.8. The van der Waals surface area contributed by atoms with E-state index in [2.05, 4.69) is 10.6 Å². The monoisotopic (exact) mass is 509 g/mol. The Morgan fingerprint density at radius 2 is 1.68 bits per heavy atom. The smallest absolute Gasteiger partial charge is 0.338 e. The molecule has 0 aromatic heterocycles. The summed E-state index contributed by atoms with van der Waals surface area (Å²) in [5.74, 6) is 1.80. The van der Waals surface area contributed by atoms with Crippen molar-refractivity contribution in [2.45, 2.75) is 64.8 Å². The van der Waals surface area contributed by atoms with Crippen molar-refractivity contribution in [2.75, 3.05) is 32.2 Å². The number of anilines is 1. The number of nitrogens with zero attached hydrogens (tertiary/aromatic N) is 1. The standard InChI is InChI=1S/C29H39N3O5/c1-4-9-32-18(2)24(26(33)37-11-10-36-3)25(31-28(32)35)22-5-7-23(8-6-22)30-27(34)29-15-19-12-20(16-29)14-21(13-19)17-29/h5-8,19-21,25H,4,9-17H2,1-3H3,(H,30,34)(H,31,35)/t19?,20?,21?,25-,29?/m1/s1. The van der Waals surface area contributed by atoms with Crippen LogP contribution in [0.2, 0.25) is 0 Å². The average Bonchev–Trinajstić information content (AvgIpc) is 2.86. The Morgan fingerprint density at radius 3 is 2.24 bits per heavy atom. The summed E-state index contributed by atoms with van der Waals surface area (Å²) < 4.78 is 10.5. The van der Waals surface area contributed by atoms with E-state index in [-0.39, 0.29) is 24.0 Å². The van der Waals surface area contributed by atoms with Gasteiger partial charge in [-0.1, -0.05) is 19.1 Å². The van der Waals surface area contributed by atoms with Crippen molar-refractivity contribution in [2.24, 2.45) is 23.2 Å². The van der Waals surface area contributed by atoms with Crippen molar-refractivity contribution in [3.63, 3.8) is 0 Å². The molecular formula is C29H39N3O5. The minimum absolute atomic E-state index is 0.135. The molecule has 200 valence electrons. The largest absolute Gasteiger partial charge is 0.460 e. The van der Waals surface area contributed by atoms with Crippen LogP contribution in [0.4, 0.5) is 10.5 Å². The Bertz CT molecular complexity index is 1040. The van der Waals surface area contributed by atoms with Gasteiger partial charge in [-0.3, -0.25) is 9.69 Å². The van der Waals surface area contributed by atoms with Crippen LogP contribution in [0.3, 0.4) is 0 Å². The number of amides is 3. The first-order chi connectivity index (χ1) is 17.8. The highest BCUT2D eigenvalue weighted by atomic mass is 16.6. The van der Waals surface area contributed by atoms with Crippen LogP contribution in [-0.2, 0) is 19.1 Å². The van der Waals surface area contributed by atoms with Gasteiger partial charge in [-0.15, -0.1) is 0 Å². The minimum Gasteiger partial charge on any atom is -0.460 e. The zero-order chi connectivity index (χ0) is 26.2. The second kappa shape index (κ2) is 10.5. The molecule has 1 aliphatic heterocycles. The molecule has 1 aromatic rings. The summed E-state index contributed by atoms with van der Waals surface area (Å²) in [6, 6.07) is 6.58. The molecule has 4 aliphatic carbocycles. The molecule has 1 atom stereocenters. The number of urea groups is 1. The number of rotatable bonds is 9. The number of ether oxygens (including phenoxy) is 2. The third-order valence-corrected chi connectivity index (χ3v) is 8.81. The maximum atomic E-state index is 13.5. The summed E-state index contributed by atoms with van der Waals surface area (Å²) in [4.78, 5) is 41.0. The van der Waals surface area contributed by atoms with Crippen LogP contribution >= 0.6 is 0 Å². The first-order valence-electron chi connectivity index (χ1n) is 13.7. The molecule has 8 heteroatoms. The highest BCUT2D eigenvalue weighted by Crippen LogP contribution is 2.60. The molecule has 4 fully saturated rings. The summed E-state index contributed by atoms with van der Waals surface area (Å²) in [5, 5.41) is 6.17. The number of hydrogen-bond acceptors (Lipinski definition) is 5. The van der Waals surface area contributed by atoms with Crippen LogP contribution in [-0.4, -0.2) is 49.7 Å². The van der Waals surface area contributed by atoms with E-state index in [1.807, 2.05) is 31.2 Å². The Kier molecular flexibility index (Phi) is 7.30. The van der Waals surface area contributed by atoms with E-state index < -0.39 is 12.0 Å². The lowest BCUT2D eigenvalue weighted by molar-refractivity contribution is -0.141. The summed E-state index contributed by atoms with van der Waals surface area (Å²) in [6.45, 7) is 4.71. The van der Waals surface area contributed by atoms with E-state index in [1.165, 1.54) is 19.3 Å². The van der Waals surface area contributed by atoms with E-state index >= 15 is 0 Å². The molecule has 4 bridgehead atoms. The Labute approximate surface area is 219 Å². The van der Waals surface area contributed by atoms with E-state index in [0.29, 0.717) is 42.2 Å². The molecule has 8 nitrogen and oxygen atoms in total. The molecule has 0 radical (unpaired) electrons. The van der Waals surface area contributed by atoms with E-state index in [0.717, 1.165) is 36.9 Å². The molecule has 0 unspecified atom stereocenters. The van der Waals surface area contributed by atoms with Crippen LogP contribution in [0.15, 0.2) is 35.5 Å². The van der Waals surface area contributed by atoms with Crippen LogP contribution in [0.25, 0.3) is 0 Å². The van der Waals surface area contributed by atoms with Gasteiger partial charge in [0.15, 0.2) is 0 Å². The van der Waals surface area contributed by atoms with Crippen molar-refractivity contribution in [3.8, 4) is 0 Å². The van der Waals surface area contributed by atoms with Gasteiger partial charge in [-0.05, 0) is 87.3 Å². The van der Waals surface area contributed by atoms with Crippen LogP contribution in [0.5, 0.6) is 0 Å². The number of esters is 1. The van der Waals surface area contributed by atoms with Crippen molar-refractivity contribution < 1.29 is 23.9 Å². The van der Waals surface area contributed by atoms with Crippen molar-refractivity contribution in [1.82, 2.24) is 10.2 Å². The fourth-order valence-corrected chi connectivity index (χ4v) is 7.50. The number of benzene rings is 1. The van der Waals surface area contributed by atoms with Gasteiger partial charge in [-0.2, -0.15) is 0 Å². The molecule has 37 heavy (non-hydrogen) atoms. The average molecular weight is 510 g/mol. The van der Waals surface area contributed by atoms with Gasteiger partial charge in [0, 0.05) is 25.0 Å². The third kappa shape index (κ3) is 5.00. The number of methoxy groups -OCH3 is 1. The lowest BCUT2D eigenvalue weighted by Crippen LogP contribution is -2.51. The molecule has 2 N–H and O–H groups in total. The molecule has 4 saturated carbocycles. The van der Waals surface area contributed by atoms with Gasteiger partial charge in [0.05, 0.1) is 23.6 Å². The van der Waals surface area contributed by atoms with Crippen LogP contribution in [0.1, 0.15) is 70.4 Å². The third-order valence-electron chi connectivity index (χ3n) is 8.81. The summed E-state index contributed by atoms with van der Waals surface area (Å²) in [6.07, 6.45) is 7.71. The molecule has 1 heterocycles. The normalized spacial score (nSPS) is 30.4. The molecule has 0 saturated heterocycles. The SMILES string of the molecule is CCCN1C(=O)N[C@H](c2ccc(NC(=O)C34CC5CC(CC(C5)C3)C4)cc2)C(C(=O)OCCOC)=C1C. The lowest BCUT2D eigenvalue weighted by atomic mass is 9.49. The van der Waals surface area contributed by atoms with Gasteiger partial charge >= 0.3 is 12.0 Å². The van der Waals surface area contributed by atoms with Gasteiger partial charge < -0.3 is 20.1 Å². The summed E-state index contributed by atoms with van der Waals surface area (Å²) in [5.41, 5.74) is 2.29. The highest BCUT2D eigenvalue weighted by molar-refractivity contribution is 5.96. The predicted molar refractivity (Wildman–Crippen MR) is 139 cm³/mol. The zero-order valence-corrected chi connectivity index (χ0v) is 22.2. The van der Waals surface area contributed by atoms with E-state index in [4.69, 9.17) is 9.47 Å². The van der Waals surface area contributed by atoms with Gasteiger partial charge in [0.2, 0.25) is 5.91 Å². The fraction of sp³-hybridized carbons (Fsp3) is 0.621. The zero-order valence-electron chi connectivity index (χ0n) is 22.2. The van der Waals surface area contributed by atoms with Gasteiger partial charge in [-0.25, -0.2) is 9.59 Å². The number of carbonyl (C=O) groups excluding carboxylic acids is 3. The Balaban J connectivity index is 1.34. The van der Waals surface area contributed by atoms with Crippen LogP contribution in [0, 0.1) is 23.2 Å². The van der Waals surface area contributed by atoms with Crippen molar-refractivity contribution >= 4 is 23.6 Å². The van der Waals surface area contributed by atoms with Crippen molar-refractivity contribution in [1.29, 1.82) is 0 Å². The molecule has 3 amide bonds. The summed E-state index contributed by atoms with van der Waals surface area (Å²) >= 11 is 0. The molecular weight excluding hydrogens is 470 g/mol. The number of allylic oxidation sites excluding steroid dienone is 1. The Hall–Kier alpha value is -2.87. The van der Waals surface area contributed by atoms with Gasteiger partial charge in [0.25, 0.3) is 0 Å². The van der Waals surface area contributed by atoms with Gasteiger partial charge in [0.1, 0.15) is 6.61 Å². The number of carbonyl (C=O) groups is 3. The van der Waals surface area contributed by atoms with E-state index in [9.17, 15) is 14.4 Å². The summed E-state index contributed by atoms with van der Waals surface area (Å²) in [7, 11) is 1.55. The van der Waals surface area contributed by atoms with E-state index in [1.54, 1.807) is 18.9 Å². The Morgan fingerprint density at radius 1 is 1.05 bits per heavy atom. The molecule has 5 aliphatic rings. The molecule has 6 rings (SSSR count). The van der Waals surface area contributed by atoms with Crippen LogP contribution < -0.4 is 10.6 Å².